The molecule has 7 heteroatoms. The molecular weight excluding hydrogens is 420 g/mol. The van der Waals surface area contributed by atoms with Crippen molar-refractivity contribution in [3.8, 4) is 0 Å². The number of pyridine rings is 1. The van der Waals surface area contributed by atoms with Crippen LogP contribution in [0.4, 0.5) is 0 Å². The van der Waals surface area contributed by atoms with Crippen LogP contribution in [0.15, 0.2) is 59.2 Å². The molecule has 0 spiro atoms. The number of aromatic nitrogens is 1. The summed E-state index contributed by atoms with van der Waals surface area (Å²) in [6, 6.07) is 12.8. The van der Waals surface area contributed by atoms with Gasteiger partial charge < -0.3 is 10.4 Å². The molecule has 1 heterocycles. The minimum absolute atomic E-state index is 0.0976. The van der Waals surface area contributed by atoms with Crippen molar-refractivity contribution in [3.05, 3.63) is 75.4 Å². The number of fused-ring (bicyclic) bond motifs is 1. The van der Waals surface area contributed by atoms with Crippen LogP contribution < -0.4 is 5.32 Å². The zero-order valence-electron chi connectivity index (χ0n) is 13.4. The Morgan fingerprint density at radius 2 is 1.96 bits per heavy atom. The quantitative estimate of drug-likeness (QED) is 0.635. The molecule has 0 aliphatic carbocycles. The third kappa shape index (κ3) is 4.03. The molecule has 3 rings (SSSR count). The van der Waals surface area contributed by atoms with Gasteiger partial charge in [0.1, 0.15) is 6.04 Å². The number of carbonyl (C=O) groups is 2. The van der Waals surface area contributed by atoms with Crippen LogP contribution in [0.1, 0.15) is 15.9 Å². The molecule has 2 N–H and O–H groups in total. The topological polar surface area (TPSA) is 79.3 Å². The first-order chi connectivity index (χ1) is 12.5. The number of para-hydroxylation sites is 1. The Morgan fingerprint density at radius 1 is 1.19 bits per heavy atom. The van der Waals surface area contributed by atoms with E-state index in [0.29, 0.717) is 21.7 Å². The van der Waals surface area contributed by atoms with Crippen molar-refractivity contribution in [2.45, 2.75) is 12.5 Å². The molecule has 132 valence electrons. The minimum Gasteiger partial charge on any atom is -0.480 e. The lowest BCUT2D eigenvalue weighted by Gasteiger charge is -2.16. The van der Waals surface area contributed by atoms with Crippen LogP contribution in [0.2, 0.25) is 5.02 Å². The smallest absolute Gasteiger partial charge is 0.326 e. The number of carboxylic acids is 1. The van der Waals surface area contributed by atoms with Crippen molar-refractivity contribution in [3.63, 3.8) is 0 Å². The number of rotatable bonds is 5. The molecule has 0 saturated heterocycles. The number of hydrogen-bond donors (Lipinski definition) is 2. The Bertz CT molecular complexity index is 988. The van der Waals surface area contributed by atoms with E-state index in [4.69, 9.17) is 11.6 Å². The van der Waals surface area contributed by atoms with Crippen LogP contribution in [0, 0.1) is 0 Å². The lowest BCUT2D eigenvalue weighted by molar-refractivity contribution is -0.139. The van der Waals surface area contributed by atoms with E-state index >= 15 is 0 Å². The molecule has 0 fully saturated rings. The molecule has 26 heavy (non-hydrogen) atoms. The van der Waals surface area contributed by atoms with Gasteiger partial charge in [0.25, 0.3) is 5.91 Å². The summed E-state index contributed by atoms with van der Waals surface area (Å²) in [7, 11) is 0. The molecule has 2 aromatic carbocycles. The first-order valence-electron chi connectivity index (χ1n) is 7.77. The van der Waals surface area contributed by atoms with E-state index < -0.39 is 17.9 Å². The molecule has 0 bridgehead atoms. The summed E-state index contributed by atoms with van der Waals surface area (Å²) >= 11 is 9.36. The molecule has 1 amide bonds. The fourth-order valence-electron chi connectivity index (χ4n) is 2.64. The van der Waals surface area contributed by atoms with Gasteiger partial charge in [0.2, 0.25) is 0 Å². The molecule has 3 aromatic rings. The number of amides is 1. The maximum absolute atomic E-state index is 12.7. The van der Waals surface area contributed by atoms with E-state index in [0.717, 1.165) is 9.86 Å². The highest BCUT2D eigenvalue weighted by Crippen LogP contribution is 2.23. The van der Waals surface area contributed by atoms with Crippen LogP contribution >= 0.6 is 27.5 Å². The van der Waals surface area contributed by atoms with Gasteiger partial charge in [0.05, 0.1) is 11.1 Å². The van der Waals surface area contributed by atoms with Crippen LogP contribution in [-0.4, -0.2) is 28.0 Å². The summed E-state index contributed by atoms with van der Waals surface area (Å²) in [6.45, 7) is 0. The molecule has 5 nitrogen and oxygen atoms in total. The monoisotopic (exact) mass is 432 g/mol. The van der Waals surface area contributed by atoms with E-state index in [1.165, 1.54) is 0 Å². The van der Waals surface area contributed by atoms with E-state index in [-0.39, 0.29) is 6.42 Å². The maximum atomic E-state index is 12.7. The Morgan fingerprint density at radius 3 is 2.73 bits per heavy atom. The molecule has 0 aliphatic heterocycles. The molecule has 0 unspecified atom stereocenters. The molecule has 0 aliphatic rings. The average Bonchev–Trinajstić information content (AvgIpc) is 2.63. The lowest BCUT2D eigenvalue weighted by Crippen LogP contribution is -2.42. The largest absolute Gasteiger partial charge is 0.480 e. The number of carboxylic acid groups (broad SMARTS) is 1. The summed E-state index contributed by atoms with van der Waals surface area (Å²) < 4.78 is 0.731. The van der Waals surface area contributed by atoms with Gasteiger partial charge in [0, 0.05) is 27.5 Å². The van der Waals surface area contributed by atoms with E-state index in [1.807, 2.05) is 12.1 Å². The second kappa shape index (κ2) is 7.85. The summed E-state index contributed by atoms with van der Waals surface area (Å²) in [4.78, 5) is 28.5. The zero-order chi connectivity index (χ0) is 18.7. The Kier molecular flexibility index (Phi) is 5.54. The normalized spacial score (nSPS) is 11.9. The number of hydrogen-bond acceptors (Lipinski definition) is 3. The minimum atomic E-state index is -1.13. The van der Waals surface area contributed by atoms with Gasteiger partial charge in [0.15, 0.2) is 0 Å². The lowest BCUT2D eigenvalue weighted by atomic mass is 10.0. The second-order valence-corrected chi connectivity index (χ2v) is 6.98. The van der Waals surface area contributed by atoms with Gasteiger partial charge in [-0.15, -0.1) is 0 Å². The van der Waals surface area contributed by atoms with Crippen molar-refractivity contribution in [2.75, 3.05) is 0 Å². The van der Waals surface area contributed by atoms with Crippen molar-refractivity contribution in [2.24, 2.45) is 0 Å². The fraction of sp³-hybridized carbons (Fsp3) is 0.105. The molecular formula is C19H14BrClN2O3. The number of benzene rings is 2. The van der Waals surface area contributed by atoms with Crippen molar-refractivity contribution >= 4 is 50.3 Å². The van der Waals surface area contributed by atoms with Crippen LogP contribution in [0.5, 0.6) is 0 Å². The summed E-state index contributed by atoms with van der Waals surface area (Å²) in [6.07, 6.45) is 1.69. The highest BCUT2D eigenvalue weighted by atomic mass is 79.9. The SMILES string of the molecule is O=C(N[C@H](Cc1cc(Cl)ccc1Br)C(=O)O)c1cccc2cccnc12. The van der Waals surface area contributed by atoms with Gasteiger partial charge in [-0.1, -0.05) is 45.7 Å². The van der Waals surface area contributed by atoms with Crippen molar-refractivity contribution in [1.29, 1.82) is 0 Å². The van der Waals surface area contributed by atoms with Crippen molar-refractivity contribution < 1.29 is 14.7 Å². The predicted molar refractivity (Wildman–Crippen MR) is 103 cm³/mol. The van der Waals surface area contributed by atoms with Gasteiger partial charge in [-0.3, -0.25) is 9.78 Å². The van der Waals surface area contributed by atoms with E-state index in [2.05, 4.69) is 26.2 Å². The maximum Gasteiger partial charge on any atom is 0.326 e. The molecule has 1 atom stereocenters. The Labute approximate surface area is 163 Å². The number of aliphatic carboxylic acids is 1. The number of nitrogens with one attached hydrogen (secondary N) is 1. The van der Waals surface area contributed by atoms with E-state index in [9.17, 15) is 14.7 Å². The summed E-state index contributed by atoms with van der Waals surface area (Å²) in [5.74, 6) is -1.61. The van der Waals surface area contributed by atoms with E-state index in [1.54, 1.807) is 42.6 Å². The first kappa shape index (κ1) is 18.4. The zero-order valence-corrected chi connectivity index (χ0v) is 15.8. The Balaban J connectivity index is 1.87. The average molecular weight is 434 g/mol. The fourth-order valence-corrected chi connectivity index (χ4v) is 3.25. The molecule has 0 saturated carbocycles. The first-order valence-corrected chi connectivity index (χ1v) is 8.94. The van der Waals surface area contributed by atoms with Crippen LogP contribution in [-0.2, 0) is 11.2 Å². The predicted octanol–water partition coefficient (Wildman–Crippen LogP) is 4.08. The van der Waals surface area contributed by atoms with Gasteiger partial charge >= 0.3 is 5.97 Å². The van der Waals surface area contributed by atoms with Gasteiger partial charge in [-0.2, -0.15) is 0 Å². The number of carbonyl (C=O) groups excluding carboxylic acids is 1. The second-order valence-electron chi connectivity index (χ2n) is 5.68. The van der Waals surface area contributed by atoms with Crippen LogP contribution in [0.25, 0.3) is 10.9 Å². The van der Waals surface area contributed by atoms with Crippen molar-refractivity contribution in [1.82, 2.24) is 10.3 Å². The van der Waals surface area contributed by atoms with Crippen LogP contribution in [0.3, 0.4) is 0 Å². The summed E-state index contributed by atoms with van der Waals surface area (Å²) in [5.41, 5.74) is 1.56. The number of nitrogens with zero attached hydrogens (tertiary/aromatic N) is 1. The highest BCUT2D eigenvalue weighted by Gasteiger charge is 2.23. The third-order valence-corrected chi connectivity index (χ3v) is 4.92. The summed E-state index contributed by atoms with van der Waals surface area (Å²) in [5, 5.41) is 13.4. The molecule has 1 aromatic heterocycles. The highest BCUT2D eigenvalue weighted by molar-refractivity contribution is 9.10. The third-order valence-electron chi connectivity index (χ3n) is 3.91. The number of halogens is 2. The van der Waals surface area contributed by atoms with Gasteiger partial charge in [-0.05, 0) is 35.9 Å². The Hall–Kier alpha value is -2.44. The standard InChI is InChI=1S/C19H14BrClN2O3/c20-15-7-6-13(21)9-12(15)10-16(19(25)26)23-18(24)14-5-1-3-11-4-2-8-22-17(11)14/h1-9,16H,10H2,(H,23,24)(H,25,26)/t16-/m1/s1. The molecule has 0 radical (unpaired) electrons. The van der Waals surface area contributed by atoms with Gasteiger partial charge in [-0.25, -0.2) is 4.79 Å².